The van der Waals surface area contributed by atoms with E-state index >= 15 is 0 Å². The number of ether oxygens (including phenoxy) is 1. The van der Waals surface area contributed by atoms with Gasteiger partial charge in [-0.15, -0.1) is 4.68 Å². The maximum atomic E-state index is 12.7. The molecule has 0 atom stereocenters. The summed E-state index contributed by atoms with van der Waals surface area (Å²) in [5.74, 6) is 0. The zero-order chi connectivity index (χ0) is 16.0. The molecule has 2 heterocycles. The van der Waals surface area contributed by atoms with Gasteiger partial charge in [0.25, 0.3) is 0 Å². The Balaban J connectivity index is 2.52. The highest BCUT2D eigenvalue weighted by Crippen LogP contribution is 2.32. The van der Waals surface area contributed by atoms with Crippen molar-refractivity contribution in [3.63, 3.8) is 0 Å². The van der Waals surface area contributed by atoms with Crippen LogP contribution in [-0.4, -0.2) is 26.5 Å². The lowest BCUT2D eigenvalue weighted by Crippen LogP contribution is -2.27. The van der Waals surface area contributed by atoms with E-state index in [2.05, 4.69) is 26.0 Å². The number of hydrogen-bond donors (Lipinski definition) is 0. The number of nitrogens with zero attached hydrogens (tertiary/aromatic N) is 3. The normalized spacial score (nSPS) is 12.7. The summed E-state index contributed by atoms with van der Waals surface area (Å²) in [5.41, 5.74) is -1.68. The Morgan fingerprint density at radius 1 is 1.33 bits per heavy atom. The fourth-order valence-electron chi connectivity index (χ4n) is 1.55. The molecule has 0 fully saturated rings. The molecular weight excluding hydrogens is 355 g/mol. The number of hydrogen-bond acceptors (Lipinski definition) is 4. The van der Waals surface area contributed by atoms with E-state index in [1.54, 1.807) is 20.8 Å². The van der Waals surface area contributed by atoms with Crippen molar-refractivity contribution in [2.75, 3.05) is 0 Å². The number of halogens is 4. The van der Waals surface area contributed by atoms with E-state index in [1.807, 2.05) is 0 Å². The van der Waals surface area contributed by atoms with E-state index in [0.29, 0.717) is 6.20 Å². The molecule has 0 aliphatic heterocycles. The second-order valence-electron chi connectivity index (χ2n) is 5.28. The number of rotatable bonds is 0. The van der Waals surface area contributed by atoms with Crippen molar-refractivity contribution >= 4 is 33.1 Å². The van der Waals surface area contributed by atoms with Crippen molar-refractivity contribution in [2.45, 2.75) is 32.5 Å². The summed E-state index contributed by atoms with van der Waals surface area (Å²) in [6.45, 7) is 5.00. The molecule has 0 N–H and O–H groups in total. The molecule has 5 nitrogen and oxygen atoms in total. The molecule has 0 saturated carbocycles. The molecule has 0 aliphatic rings. The van der Waals surface area contributed by atoms with Crippen LogP contribution in [0, 0.1) is 0 Å². The fourth-order valence-corrected chi connectivity index (χ4v) is 2.01. The molecule has 2 rings (SSSR count). The summed E-state index contributed by atoms with van der Waals surface area (Å²) in [5, 5.41) is 3.91. The lowest BCUT2D eigenvalue weighted by molar-refractivity contribution is -0.137. The van der Waals surface area contributed by atoms with E-state index in [0.717, 1.165) is 10.7 Å². The molecule has 0 amide bonds. The van der Waals surface area contributed by atoms with E-state index in [4.69, 9.17) is 4.74 Å². The second kappa shape index (κ2) is 4.97. The van der Waals surface area contributed by atoms with Gasteiger partial charge in [0, 0.05) is 6.20 Å². The quantitative estimate of drug-likeness (QED) is 0.707. The minimum Gasteiger partial charge on any atom is -0.442 e. The van der Waals surface area contributed by atoms with Crippen LogP contribution < -0.4 is 0 Å². The van der Waals surface area contributed by atoms with Gasteiger partial charge in [0.15, 0.2) is 5.65 Å². The topological polar surface area (TPSA) is 57.0 Å². The third-order valence-corrected chi connectivity index (χ3v) is 2.96. The van der Waals surface area contributed by atoms with Gasteiger partial charge >= 0.3 is 12.3 Å². The fraction of sp³-hybridized carbons (Fsp3) is 0.417. The van der Waals surface area contributed by atoms with Gasteiger partial charge in [-0.1, -0.05) is 0 Å². The Morgan fingerprint density at radius 3 is 2.48 bits per heavy atom. The molecule has 0 unspecified atom stereocenters. The van der Waals surface area contributed by atoms with Gasteiger partial charge < -0.3 is 4.74 Å². The molecule has 2 aromatic rings. The Bertz CT molecular complexity index is 704. The van der Waals surface area contributed by atoms with Crippen molar-refractivity contribution in [3.8, 4) is 0 Å². The smallest absolute Gasteiger partial charge is 0.437 e. The summed E-state index contributed by atoms with van der Waals surface area (Å²) in [6.07, 6.45) is -4.68. The third kappa shape index (κ3) is 3.34. The van der Waals surface area contributed by atoms with Gasteiger partial charge in [0.1, 0.15) is 10.2 Å². The van der Waals surface area contributed by atoms with Gasteiger partial charge in [-0.3, -0.25) is 0 Å². The molecule has 2 aromatic heterocycles. The third-order valence-electron chi connectivity index (χ3n) is 2.37. The monoisotopic (exact) mass is 365 g/mol. The lowest BCUT2D eigenvalue weighted by Gasteiger charge is -2.18. The summed E-state index contributed by atoms with van der Waals surface area (Å²) >= 11 is 3.02. The molecule has 0 radical (unpaired) electrons. The maximum absolute atomic E-state index is 12.7. The van der Waals surface area contributed by atoms with Crippen LogP contribution in [0.1, 0.15) is 26.3 Å². The van der Waals surface area contributed by atoms with E-state index in [1.165, 1.54) is 0 Å². The number of alkyl halides is 3. The van der Waals surface area contributed by atoms with Crippen LogP contribution in [0.4, 0.5) is 18.0 Å². The highest BCUT2D eigenvalue weighted by Gasteiger charge is 2.32. The van der Waals surface area contributed by atoms with Crippen LogP contribution in [0.25, 0.3) is 11.0 Å². The Morgan fingerprint density at radius 2 is 1.95 bits per heavy atom. The molecule has 9 heteroatoms. The van der Waals surface area contributed by atoms with Crippen molar-refractivity contribution < 1.29 is 22.7 Å². The Hall–Kier alpha value is -1.64. The van der Waals surface area contributed by atoms with Gasteiger partial charge in [-0.25, -0.2) is 9.78 Å². The van der Waals surface area contributed by atoms with E-state index in [-0.39, 0.29) is 15.6 Å². The summed E-state index contributed by atoms with van der Waals surface area (Å²) < 4.78 is 44.0. The first-order valence-electron chi connectivity index (χ1n) is 5.84. The van der Waals surface area contributed by atoms with Crippen molar-refractivity contribution in [3.05, 3.63) is 22.4 Å². The minimum atomic E-state index is -4.52. The molecule has 0 spiro atoms. The van der Waals surface area contributed by atoms with Crippen LogP contribution in [0.15, 0.2) is 16.9 Å². The predicted octanol–water partition coefficient (Wildman–Crippen LogP) is 4.00. The van der Waals surface area contributed by atoms with Crippen LogP contribution >= 0.6 is 15.9 Å². The van der Waals surface area contributed by atoms with E-state index in [9.17, 15) is 18.0 Å². The number of aromatic nitrogens is 3. The number of fused-ring (bicyclic) bond motifs is 1. The van der Waals surface area contributed by atoms with Crippen molar-refractivity contribution in [1.82, 2.24) is 14.8 Å². The highest BCUT2D eigenvalue weighted by molar-refractivity contribution is 9.10. The predicted molar refractivity (Wildman–Crippen MR) is 71.9 cm³/mol. The zero-order valence-corrected chi connectivity index (χ0v) is 12.9. The molecule has 0 bridgehead atoms. The van der Waals surface area contributed by atoms with Crippen LogP contribution in [-0.2, 0) is 10.9 Å². The Kier molecular flexibility index (Phi) is 3.73. The average Bonchev–Trinajstić information content (AvgIpc) is 2.63. The molecule has 0 saturated heterocycles. The Labute approximate surface area is 126 Å². The van der Waals surface area contributed by atoms with Gasteiger partial charge in [-0.2, -0.15) is 18.3 Å². The van der Waals surface area contributed by atoms with Crippen molar-refractivity contribution in [2.24, 2.45) is 0 Å². The number of carbonyl (C=O) groups is 1. The number of pyridine rings is 1. The standard InChI is InChI=1S/C12H11BrF3N3O2/c1-11(2,3)21-10(20)19-9-7(8(13)18-19)4-6(5-17-9)12(14,15)16/h4-5H,1-3H3. The highest BCUT2D eigenvalue weighted by atomic mass is 79.9. The molecule has 21 heavy (non-hydrogen) atoms. The lowest BCUT2D eigenvalue weighted by atomic mass is 10.2. The van der Waals surface area contributed by atoms with Gasteiger partial charge in [0.2, 0.25) is 0 Å². The molecule has 114 valence electrons. The van der Waals surface area contributed by atoms with E-state index < -0.39 is 23.4 Å². The SMILES string of the molecule is CC(C)(C)OC(=O)n1nc(Br)c2cc(C(F)(F)F)cnc21. The first kappa shape index (κ1) is 15.7. The van der Waals surface area contributed by atoms with Crippen LogP contribution in [0.3, 0.4) is 0 Å². The second-order valence-corrected chi connectivity index (χ2v) is 6.03. The van der Waals surface area contributed by atoms with Crippen LogP contribution in [0.5, 0.6) is 0 Å². The minimum absolute atomic E-state index is 0.0101. The summed E-state index contributed by atoms with van der Waals surface area (Å²) in [6, 6.07) is 0.875. The van der Waals surface area contributed by atoms with Gasteiger partial charge in [0.05, 0.1) is 10.9 Å². The average molecular weight is 366 g/mol. The number of carbonyl (C=O) groups excluding carboxylic acids is 1. The zero-order valence-electron chi connectivity index (χ0n) is 11.3. The first-order valence-corrected chi connectivity index (χ1v) is 6.63. The largest absolute Gasteiger partial charge is 0.442 e. The summed E-state index contributed by atoms with van der Waals surface area (Å²) in [7, 11) is 0. The summed E-state index contributed by atoms with van der Waals surface area (Å²) in [4.78, 5) is 15.6. The molecular formula is C12H11BrF3N3O2. The first-order chi connectivity index (χ1) is 9.49. The van der Waals surface area contributed by atoms with Gasteiger partial charge in [-0.05, 0) is 42.8 Å². The van der Waals surface area contributed by atoms with Crippen LogP contribution in [0.2, 0.25) is 0 Å². The van der Waals surface area contributed by atoms with Crippen molar-refractivity contribution in [1.29, 1.82) is 0 Å². The molecule has 0 aromatic carbocycles. The molecule has 0 aliphatic carbocycles. The maximum Gasteiger partial charge on any atom is 0.437 e.